The van der Waals surface area contributed by atoms with E-state index in [1.54, 1.807) is 24.3 Å². The van der Waals surface area contributed by atoms with Crippen molar-refractivity contribution >= 4 is 28.4 Å². The van der Waals surface area contributed by atoms with Crippen molar-refractivity contribution in [1.29, 1.82) is 5.26 Å². The molecule has 2 aromatic carbocycles. The van der Waals surface area contributed by atoms with Crippen LogP contribution in [0.25, 0.3) is 11.0 Å². The molecule has 1 heterocycles. The van der Waals surface area contributed by atoms with Crippen molar-refractivity contribution in [3.8, 4) is 6.07 Å². The van der Waals surface area contributed by atoms with E-state index in [2.05, 4.69) is 9.97 Å². The standard InChI is InChI=1S/C16H10ClN3O/c17-12-6-2-1-5-10(12)15(21)11(9-18)16-19-13-7-3-4-8-14(13)20-16/h1-8,11H,(H,19,20)/t11-/m0/s1. The highest BCUT2D eigenvalue weighted by molar-refractivity contribution is 6.34. The zero-order valence-corrected chi connectivity index (χ0v) is 11.6. The zero-order chi connectivity index (χ0) is 14.8. The molecule has 0 saturated carbocycles. The quantitative estimate of drug-likeness (QED) is 0.749. The number of aromatic nitrogens is 2. The Morgan fingerprint density at radius 1 is 1.19 bits per heavy atom. The van der Waals surface area contributed by atoms with E-state index >= 15 is 0 Å². The number of H-pyrrole nitrogens is 1. The minimum Gasteiger partial charge on any atom is -0.340 e. The van der Waals surface area contributed by atoms with E-state index in [4.69, 9.17) is 11.6 Å². The fourth-order valence-electron chi connectivity index (χ4n) is 2.17. The van der Waals surface area contributed by atoms with Crippen LogP contribution in [0, 0.1) is 11.3 Å². The Hall–Kier alpha value is -2.64. The fraction of sp³-hybridized carbons (Fsp3) is 0.0625. The molecule has 0 fully saturated rings. The number of carbonyl (C=O) groups is 1. The summed E-state index contributed by atoms with van der Waals surface area (Å²) in [6.07, 6.45) is 0. The van der Waals surface area contributed by atoms with E-state index in [1.807, 2.05) is 30.3 Å². The van der Waals surface area contributed by atoms with E-state index in [9.17, 15) is 10.1 Å². The third-order valence-corrected chi connectivity index (χ3v) is 3.54. The number of nitrogens with zero attached hydrogens (tertiary/aromatic N) is 2. The van der Waals surface area contributed by atoms with Crippen LogP contribution in [0.15, 0.2) is 48.5 Å². The number of nitrogens with one attached hydrogen (secondary N) is 1. The first-order valence-corrected chi connectivity index (χ1v) is 6.71. The molecule has 0 radical (unpaired) electrons. The molecule has 3 aromatic rings. The van der Waals surface area contributed by atoms with Gasteiger partial charge < -0.3 is 4.98 Å². The number of benzene rings is 2. The predicted octanol–water partition coefficient (Wildman–Crippen LogP) is 3.71. The van der Waals surface area contributed by atoms with Gasteiger partial charge in [0, 0.05) is 5.56 Å². The molecular weight excluding hydrogens is 286 g/mol. The number of carbonyl (C=O) groups excluding carboxylic acids is 1. The van der Waals surface area contributed by atoms with Crippen LogP contribution in [-0.4, -0.2) is 15.8 Å². The van der Waals surface area contributed by atoms with Gasteiger partial charge in [0.1, 0.15) is 5.82 Å². The van der Waals surface area contributed by atoms with Gasteiger partial charge >= 0.3 is 0 Å². The van der Waals surface area contributed by atoms with Gasteiger partial charge in [-0.1, -0.05) is 35.9 Å². The van der Waals surface area contributed by atoms with Crippen LogP contribution in [-0.2, 0) is 0 Å². The molecule has 5 heteroatoms. The summed E-state index contributed by atoms with van der Waals surface area (Å²) in [6, 6.07) is 16.1. The van der Waals surface area contributed by atoms with Crippen molar-refractivity contribution in [2.75, 3.05) is 0 Å². The lowest BCUT2D eigenvalue weighted by atomic mass is 9.98. The van der Waals surface area contributed by atoms with Gasteiger partial charge in [0.25, 0.3) is 0 Å². The Morgan fingerprint density at radius 2 is 1.90 bits per heavy atom. The second-order valence-electron chi connectivity index (χ2n) is 4.55. The minimum absolute atomic E-state index is 0.325. The molecule has 0 spiro atoms. The molecule has 0 unspecified atom stereocenters. The maximum Gasteiger partial charge on any atom is 0.189 e. The lowest BCUT2D eigenvalue weighted by Gasteiger charge is -2.06. The van der Waals surface area contributed by atoms with Gasteiger partial charge in [0.05, 0.1) is 22.1 Å². The Labute approximate surface area is 126 Å². The van der Waals surface area contributed by atoms with Gasteiger partial charge in [-0.15, -0.1) is 0 Å². The first-order valence-electron chi connectivity index (χ1n) is 6.33. The molecule has 3 rings (SSSR count). The Kier molecular flexibility index (Phi) is 3.43. The monoisotopic (exact) mass is 295 g/mol. The lowest BCUT2D eigenvalue weighted by molar-refractivity contribution is 0.0976. The smallest absolute Gasteiger partial charge is 0.189 e. The summed E-state index contributed by atoms with van der Waals surface area (Å²) in [7, 11) is 0. The van der Waals surface area contributed by atoms with Gasteiger partial charge in [-0.3, -0.25) is 4.79 Å². The maximum atomic E-state index is 12.5. The topological polar surface area (TPSA) is 69.5 Å². The summed E-state index contributed by atoms with van der Waals surface area (Å²) < 4.78 is 0. The molecule has 0 aliphatic rings. The number of imidazole rings is 1. The highest BCUT2D eigenvalue weighted by Gasteiger charge is 2.26. The van der Waals surface area contributed by atoms with E-state index in [0.717, 1.165) is 11.0 Å². The molecule has 21 heavy (non-hydrogen) atoms. The third-order valence-electron chi connectivity index (χ3n) is 3.21. The van der Waals surface area contributed by atoms with E-state index in [0.29, 0.717) is 16.4 Å². The van der Waals surface area contributed by atoms with Crippen molar-refractivity contribution in [2.45, 2.75) is 5.92 Å². The summed E-state index contributed by atoms with van der Waals surface area (Å²) in [6.45, 7) is 0. The van der Waals surface area contributed by atoms with Crippen molar-refractivity contribution in [2.24, 2.45) is 0 Å². The number of hydrogen-bond donors (Lipinski definition) is 1. The predicted molar refractivity (Wildman–Crippen MR) is 80.2 cm³/mol. The van der Waals surface area contributed by atoms with Crippen molar-refractivity contribution < 1.29 is 4.79 Å². The van der Waals surface area contributed by atoms with E-state index in [-0.39, 0.29) is 5.78 Å². The summed E-state index contributed by atoms with van der Waals surface area (Å²) in [5, 5.41) is 9.69. The second-order valence-corrected chi connectivity index (χ2v) is 4.95. The maximum absolute atomic E-state index is 12.5. The average Bonchev–Trinajstić information content (AvgIpc) is 2.91. The minimum atomic E-state index is -1.00. The van der Waals surface area contributed by atoms with Crippen LogP contribution < -0.4 is 0 Å². The van der Waals surface area contributed by atoms with Crippen LogP contribution in [0.4, 0.5) is 0 Å². The highest BCUT2D eigenvalue weighted by atomic mass is 35.5. The summed E-state index contributed by atoms with van der Waals surface area (Å²) in [5.41, 5.74) is 1.84. The highest BCUT2D eigenvalue weighted by Crippen LogP contribution is 2.24. The van der Waals surface area contributed by atoms with Crippen LogP contribution in [0.3, 0.4) is 0 Å². The van der Waals surface area contributed by atoms with Gasteiger partial charge in [0.15, 0.2) is 11.7 Å². The molecule has 1 atom stereocenters. The molecule has 0 aliphatic heterocycles. The zero-order valence-electron chi connectivity index (χ0n) is 10.9. The first kappa shape index (κ1) is 13.3. The SMILES string of the molecule is N#C[C@@H](C(=O)c1ccccc1Cl)c1nc2ccccc2[nH]1. The molecule has 0 saturated heterocycles. The van der Waals surface area contributed by atoms with E-state index in [1.165, 1.54) is 0 Å². The van der Waals surface area contributed by atoms with Crippen LogP contribution in [0.2, 0.25) is 5.02 Å². The van der Waals surface area contributed by atoms with Crippen molar-refractivity contribution in [3.05, 3.63) is 64.9 Å². The molecule has 102 valence electrons. The molecule has 1 N–H and O–H groups in total. The number of hydrogen-bond acceptors (Lipinski definition) is 3. The normalized spacial score (nSPS) is 12.0. The molecule has 1 aromatic heterocycles. The molecular formula is C16H10ClN3O. The van der Waals surface area contributed by atoms with Crippen LogP contribution in [0.1, 0.15) is 22.1 Å². The number of fused-ring (bicyclic) bond motifs is 1. The third kappa shape index (κ3) is 2.39. The summed E-state index contributed by atoms with van der Waals surface area (Å²) in [4.78, 5) is 19.8. The average molecular weight is 296 g/mol. The number of Topliss-reactive ketones (excluding diaryl/α,β-unsaturated/α-hetero) is 1. The Bertz CT molecular complexity index is 830. The van der Waals surface area contributed by atoms with Crippen molar-refractivity contribution in [1.82, 2.24) is 9.97 Å². The molecule has 0 aliphatic carbocycles. The molecule has 4 nitrogen and oxygen atoms in total. The fourth-order valence-corrected chi connectivity index (χ4v) is 2.40. The Balaban J connectivity index is 2.04. The number of halogens is 1. The van der Waals surface area contributed by atoms with Gasteiger partial charge in [-0.05, 0) is 24.3 Å². The number of nitriles is 1. The van der Waals surface area contributed by atoms with Gasteiger partial charge in [0.2, 0.25) is 0 Å². The lowest BCUT2D eigenvalue weighted by Crippen LogP contribution is -2.13. The van der Waals surface area contributed by atoms with Crippen LogP contribution in [0.5, 0.6) is 0 Å². The second kappa shape index (κ2) is 5.39. The van der Waals surface area contributed by atoms with E-state index < -0.39 is 5.92 Å². The largest absolute Gasteiger partial charge is 0.340 e. The summed E-state index contributed by atoms with van der Waals surface area (Å²) in [5.74, 6) is -1.02. The number of ketones is 1. The molecule has 0 amide bonds. The van der Waals surface area contributed by atoms with Crippen molar-refractivity contribution in [3.63, 3.8) is 0 Å². The summed E-state index contributed by atoms with van der Waals surface area (Å²) >= 11 is 6.03. The Morgan fingerprint density at radius 3 is 2.62 bits per heavy atom. The van der Waals surface area contributed by atoms with Gasteiger partial charge in [-0.25, -0.2) is 4.98 Å². The first-order chi connectivity index (χ1) is 10.2. The van der Waals surface area contributed by atoms with Gasteiger partial charge in [-0.2, -0.15) is 5.26 Å². The number of aromatic amines is 1. The molecule has 0 bridgehead atoms. The number of rotatable bonds is 3. The van der Waals surface area contributed by atoms with Crippen LogP contribution >= 0.6 is 11.6 Å². The number of para-hydroxylation sites is 2.